The summed E-state index contributed by atoms with van der Waals surface area (Å²) in [4.78, 5) is 13.6. The summed E-state index contributed by atoms with van der Waals surface area (Å²) in [7, 11) is 0. The molecule has 2 rings (SSSR count). The molecule has 0 spiro atoms. The predicted molar refractivity (Wildman–Crippen MR) is 79.0 cm³/mol. The second kappa shape index (κ2) is 6.22. The van der Waals surface area contributed by atoms with Gasteiger partial charge in [0.25, 0.3) is 0 Å². The van der Waals surface area contributed by atoms with E-state index in [1.807, 2.05) is 17.9 Å². The van der Waals surface area contributed by atoms with Crippen LogP contribution in [0.25, 0.3) is 0 Å². The number of hydrogen-bond donors (Lipinski definition) is 1. The van der Waals surface area contributed by atoms with Crippen molar-refractivity contribution in [3.63, 3.8) is 0 Å². The SMILES string of the molecule is CCC1(C(=O)O)CCCN(Cc2ccc(Br)cc2F)C1. The van der Waals surface area contributed by atoms with Crippen LogP contribution in [0.4, 0.5) is 4.39 Å². The molecular formula is C15H19BrFNO2. The number of carbonyl (C=O) groups is 1. The van der Waals surface area contributed by atoms with Gasteiger partial charge in [0.2, 0.25) is 0 Å². The van der Waals surface area contributed by atoms with Gasteiger partial charge in [-0.15, -0.1) is 0 Å². The summed E-state index contributed by atoms with van der Waals surface area (Å²) in [6, 6.07) is 5.01. The minimum absolute atomic E-state index is 0.248. The van der Waals surface area contributed by atoms with E-state index in [4.69, 9.17) is 0 Å². The largest absolute Gasteiger partial charge is 0.481 e. The molecule has 3 nitrogen and oxygen atoms in total. The van der Waals surface area contributed by atoms with Crippen LogP contribution in [0.15, 0.2) is 22.7 Å². The van der Waals surface area contributed by atoms with Crippen molar-refractivity contribution in [3.8, 4) is 0 Å². The fourth-order valence-electron chi connectivity index (χ4n) is 2.87. The van der Waals surface area contributed by atoms with E-state index in [-0.39, 0.29) is 5.82 Å². The summed E-state index contributed by atoms with van der Waals surface area (Å²) in [6.45, 7) is 3.70. The first kappa shape index (κ1) is 15.4. The Kier molecular flexibility index (Phi) is 4.81. The van der Waals surface area contributed by atoms with Crippen molar-refractivity contribution in [1.82, 2.24) is 4.90 Å². The molecule has 1 aromatic carbocycles. The average molecular weight is 344 g/mol. The van der Waals surface area contributed by atoms with Crippen LogP contribution in [0.1, 0.15) is 31.7 Å². The van der Waals surface area contributed by atoms with Crippen LogP contribution in [0, 0.1) is 11.2 Å². The third-order valence-corrected chi connectivity index (χ3v) is 4.69. The van der Waals surface area contributed by atoms with Crippen molar-refractivity contribution in [1.29, 1.82) is 0 Å². The lowest BCUT2D eigenvalue weighted by atomic mass is 9.77. The van der Waals surface area contributed by atoms with Gasteiger partial charge in [-0.05, 0) is 37.9 Å². The van der Waals surface area contributed by atoms with E-state index in [1.54, 1.807) is 6.07 Å². The molecule has 20 heavy (non-hydrogen) atoms. The molecule has 1 aromatic rings. The maximum absolute atomic E-state index is 13.9. The Bertz CT molecular complexity index is 509. The monoisotopic (exact) mass is 343 g/mol. The molecule has 1 aliphatic heterocycles. The van der Waals surface area contributed by atoms with Gasteiger partial charge in [0, 0.05) is 23.1 Å². The van der Waals surface area contributed by atoms with Crippen LogP contribution < -0.4 is 0 Å². The number of likely N-dealkylation sites (tertiary alicyclic amines) is 1. The molecule has 1 fully saturated rings. The van der Waals surface area contributed by atoms with Crippen LogP contribution in [-0.4, -0.2) is 29.1 Å². The quantitative estimate of drug-likeness (QED) is 0.906. The Hall–Kier alpha value is -0.940. The standard InChI is InChI=1S/C15H19BrFNO2/c1-2-15(14(19)20)6-3-7-18(10-15)9-11-4-5-12(16)8-13(11)17/h4-5,8H,2-3,6-7,9-10H2,1H3,(H,19,20). The third kappa shape index (κ3) is 3.20. The molecule has 0 aliphatic carbocycles. The Morgan fingerprint density at radius 1 is 1.55 bits per heavy atom. The molecular weight excluding hydrogens is 325 g/mol. The Balaban J connectivity index is 2.11. The summed E-state index contributed by atoms with van der Waals surface area (Å²) in [5.74, 6) is -0.983. The Morgan fingerprint density at radius 2 is 2.30 bits per heavy atom. The van der Waals surface area contributed by atoms with Crippen molar-refractivity contribution in [2.75, 3.05) is 13.1 Å². The van der Waals surface area contributed by atoms with Gasteiger partial charge in [0.05, 0.1) is 5.41 Å². The lowest BCUT2D eigenvalue weighted by Gasteiger charge is -2.39. The van der Waals surface area contributed by atoms with Gasteiger partial charge in [0.1, 0.15) is 5.82 Å². The second-order valence-electron chi connectivity index (χ2n) is 5.49. The van der Waals surface area contributed by atoms with Crippen molar-refractivity contribution < 1.29 is 14.3 Å². The number of carboxylic acid groups (broad SMARTS) is 1. The van der Waals surface area contributed by atoms with E-state index < -0.39 is 11.4 Å². The number of aliphatic carboxylic acids is 1. The molecule has 5 heteroatoms. The Morgan fingerprint density at radius 3 is 2.90 bits per heavy atom. The van der Waals surface area contributed by atoms with E-state index in [2.05, 4.69) is 15.9 Å². The van der Waals surface area contributed by atoms with Crippen LogP contribution >= 0.6 is 15.9 Å². The number of nitrogens with zero attached hydrogens (tertiary/aromatic N) is 1. The zero-order valence-corrected chi connectivity index (χ0v) is 13.1. The van der Waals surface area contributed by atoms with Crippen molar-refractivity contribution in [2.24, 2.45) is 5.41 Å². The van der Waals surface area contributed by atoms with E-state index in [0.717, 1.165) is 13.0 Å². The van der Waals surface area contributed by atoms with Crippen LogP contribution in [0.2, 0.25) is 0 Å². The predicted octanol–water partition coefficient (Wildman–Crippen LogP) is 3.67. The van der Waals surface area contributed by atoms with E-state index >= 15 is 0 Å². The van der Waals surface area contributed by atoms with Crippen LogP contribution in [-0.2, 0) is 11.3 Å². The molecule has 1 N–H and O–H groups in total. The highest BCUT2D eigenvalue weighted by Crippen LogP contribution is 2.34. The number of carboxylic acids is 1. The minimum atomic E-state index is -0.735. The molecule has 1 saturated heterocycles. The van der Waals surface area contributed by atoms with Gasteiger partial charge in [-0.3, -0.25) is 9.69 Å². The molecule has 1 aliphatic rings. The number of hydrogen-bond acceptors (Lipinski definition) is 2. The van der Waals surface area contributed by atoms with Crippen molar-refractivity contribution >= 4 is 21.9 Å². The first-order chi connectivity index (χ1) is 9.47. The van der Waals surface area contributed by atoms with E-state index in [9.17, 15) is 14.3 Å². The van der Waals surface area contributed by atoms with Gasteiger partial charge >= 0.3 is 5.97 Å². The third-order valence-electron chi connectivity index (χ3n) is 4.20. The maximum Gasteiger partial charge on any atom is 0.310 e. The minimum Gasteiger partial charge on any atom is -0.481 e. The summed E-state index contributed by atoms with van der Waals surface area (Å²) >= 11 is 3.24. The second-order valence-corrected chi connectivity index (χ2v) is 6.40. The molecule has 1 unspecified atom stereocenters. The first-order valence-electron chi connectivity index (χ1n) is 6.86. The summed E-state index contributed by atoms with van der Waals surface area (Å²) in [5, 5.41) is 9.46. The Labute approximate surface area is 126 Å². The maximum atomic E-state index is 13.9. The van der Waals surface area contributed by atoms with Gasteiger partial charge < -0.3 is 5.11 Å². The lowest BCUT2D eigenvalue weighted by molar-refractivity contribution is -0.153. The van der Waals surface area contributed by atoms with Crippen LogP contribution in [0.3, 0.4) is 0 Å². The molecule has 110 valence electrons. The number of piperidine rings is 1. The number of rotatable bonds is 4. The fraction of sp³-hybridized carbons (Fsp3) is 0.533. The molecule has 0 radical (unpaired) electrons. The molecule has 0 bridgehead atoms. The number of benzene rings is 1. The van der Waals surface area contributed by atoms with Crippen LogP contribution in [0.5, 0.6) is 0 Å². The zero-order chi connectivity index (χ0) is 14.8. The normalized spacial score (nSPS) is 23.8. The smallest absolute Gasteiger partial charge is 0.310 e. The molecule has 0 amide bonds. The molecule has 1 heterocycles. The topological polar surface area (TPSA) is 40.5 Å². The molecule has 1 atom stereocenters. The fourth-order valence-corrected chi connectivity index (χ4v) is 3.20. The van der Waals surface area contributed by atoms with Crippen molar-refractivity contribution in [3.05, 3.63) is 34.1 Å². The lowest BCUT2D eigenvalue weighted by Crippen LogP contribution is -2.47. The van der Waals surface area contributed by atoms with Gasteiger partial charge in [-0.1, -0.05) is 28.9 Å². The highest BCUT2D eigenvalue weighted by molar-refractivity contribution is 9.10. The first-order valence-corrected chi connectivity index (χ1v) is 7.66. The zero-order valence-electron chi connectivity index (χ0n) is 11.5. The van der Waals surface area contributed by atoms with Gasteiger partial charge in [0.15, 0.2) is 0 Å². The highest BCUT2D eigenvalue weighted by Gasteiger charge is 2.40. The van der Waals surface area contributed by atoms with E-state index in [1.165, 1.54) is 6.07 Å². The summed E-state index contributed by atoms with van der Waals surface area (Å²) in [6.07, 6.45) is 2.16. The average Bonchev–Trinajstić information content (AvgIpc) is 2.42. The highest BCUT2D eigenvalue weighted by atomic mass is 79.9. The molecule has 0 saturated carbocycles. The summed E-state index contributed by atoms with van der Waals surface area (Å²) in [5.41, 5.74) is -0.0603. The summed E-state index contributed by atoms with van der Waals surface area (Å²) < 4.78 is 14.6. The van der Waals surface area contributed by atoms with E-state index in [0.29, 0.717) is 36.0 Å². The van der Waals surface area contributed by atoms with Crippen molar-refractivity contribution in [2.45, 2.75) is 32.7 Å². The number of halogens is 2. The van der Waals surface area contributed by atoms with Gasteiger partial charge in [-0.2, -0.15) is 0 Å². The van der Waals surface area contributed by atoms with Gasteiger partial charge in [-0.25, -0.2) is 4.39 Å². The molecule has 0 aromatic heterocycles.